The van der Waals surface area contributed by atoms with Crippen molar-refractivity contribution in [3.8, 4) is 16.9 Å². The van der Waals surface area contributed by atoms with Crippen molar-refractivity contribution in [1.29, 1.82) is 0 Å². The topological polar surface area (TPSA) is 35.5 Å². The van der Waals surface area contributed by atoms with Gasteiger partial charge in [0.15, 0.2) is 6.10 Å². The van der Waals surface area contributed by atoms with E-state index in [1.54, 1.807) is 6.92 Å². The molecule has 0 aliphatic heterocycles. The molecule has 1 unspecified atom stereocenters. The van der Waals surface area contributed by atoms with Crippen molar-refractivity contribution in [3.63, 3.8) is 0 Å². The summed E-state index contributed by atoms with van der Waals surface area (Å²) in [5, 5.41) is 0. The normalized spacial score (nSPS) is 11.8. The zero-order chi connectivity index (χ0) is 29.1. The number of hydrogen-bond donors (Lipinski definition) is 0. The lowest BCUT2D eigenvalue weighted by Crippen LogP contribution is -2.26. The molecule has 3 rings (SSSR count). The molecule has 0 radical (unpaired) electrons. The van der Waals surface area contributed by atoms with Crippen LogP contribution in [0.4, 0.5) is 0 Å². The lowest BCUT2D eigenvalue weighted by atomic mass is 9.98. The summed E-state index contributed by atoms with van der Waals surface area (Å²) < 4.78 is 11.1. The van der Waals surface area contributed by atoms with E-state index in [1.165, 1.54) is 92.0 Å². The monoisotopic (exact) mass is 556 g/mol. The molecule has 0 aromatic heterocycles. The van der Waals surface area contributed by atoms with Crippen LogP contribution in [0.5, 0.6) is 5.75 Å². The molecule has 0 bridgehead atoms. The molecule has 0 amide bonds. The van der Waals surface area contributed by atoms with Gasteiger partial charge in [0.05, 0.1) is 6.61 Å². The van der Waals surface area contributed by atoms with E-state index in [-0.39, 0.29) is 5.97 Å². The van der Waals surface area contributed by atoms with Crippen LogP contribution in [-0.2, 0) is 28.8 Å². The highest BCUT2D eigenvalue weighted by Crippen LogP contribution is 2.22. The largest absolute Gasteiger partial charge is 0.479 e. The molecule has 0 saturated heterocycles. The Labute approximate surface area is 249 Å². The molecule has 0 spiro atoms. The number of carbonyl (C=O) groups excluding carboxylic acids is 1. The quantitative estimate of drug-likeness (QED) is 0.103. The first-order valence-electron chi connectivity index (χ1n) is 16.2. The summed E-state index contributed by atoms with van der Waals surface area (Å²) in [5.74, 6) is 0.399. The molecule has 0 heterocycles. The second kappa shape index (κ2) is 19.1. The second-order valence-corrected chi connectivity index (χ2v) is 11.4. The van der Waals surface area contributed by atoms with Crippen molar-refractivity contribution < 1.29 is 14.3 Å². The van der Waals surface area contributed by atoms with Crippen molar-refractivity contribution >= 4 is 5.97 Å². The lowest BCUT2D eigenvalue weighted by molar-refractivity contribution is -0.151. The number of benzene rings is 3. The Morgan fingerprint density at radius 2 is 1.00 bits per heavy atom. The van der Waals surface area contributed by atoms with Gasteiger partial charge in [-0.1, -0.05) is 132 Å². The minimum Gasteiger partial charge on any atom is -0.479 e. The molecule has 0 aliphatic rings. The van der Waals surface area contributed by atoms with Gasteiger partial charge in [0, 0.05) is 0 Å². The van der Waals surface area contributed by atoms with E-state index in [4.69, 9.17) is 9.47 Å². The average molecular weight is 557 g/mol. The predicted octanol–water partition coefficient (Wildman–Crippen LogP) is 10.3. The number of unbranched alkanes of at least 4 members (excludes halogenated alkanes) is 9. The van der Waals surface area contributed by atoms with Crippen LogP contribution in [-0.4, -0.2) is 18.7 Å². The van der Waals surface area contributed by atoms with E-state index in [9.17, 15) is 4.79 Å². The minimum absolute atomic E-state index is 0.298. The van der Waals surface area contributed by atoms with Gasteiger partial charge in [0.1, 0.15) is 5.75 Å². The molecule has 0 N–H and O–H groups in total. The minimum atomic E-state index is -0.605. The lowest BCUT2D eigenvalue weighted by Gasteiger charge is -2.14. The van der Waals surface area contributed by atoms with Crippen LogP contribution in [0.1, 0.15) is 108 Å². The zero-order valence-electron chi connectivity index (χ0n) is 25.8. The summed E-state index contributed by atoms with van der Waals surface area (Å²) in [6, 6.07) is 26.2. The van der Waals surface area contributed by atoms with Crippen molar-refractivity contribution in [3.05, 3.63) is 89.5 Å². The fourth-order valence-corrected chi connectivity index (χ4v) is 5.11. The Morgan fingerprint density at radius 3 is 1.54 bits per heavy atom. The number of rotatable bonds is 20. The third-order valence-electron chi connectivity index (χ3n) is 7.82. The molecule has 3 heteroatoms. The van der Waals surface area contributed by atoms with Gasteiger partial charge in [-0.05, 0) is 79.0 Å². The van der Waals surface area contributed by atoms with Gasteiger partial charge in [-0.25, -0.2) is 4.79 Å². The van der Waals surface area contributed by atoms with Gasteiger partial charge < -0.3 is 9.47 Å². The van der Waals surface area contributed by atoms with E-state index >= 15 is 0 Å². The Bertz CT molecular complexity index is 1100. The molecule has 3 aromatic carbocycles. The van der Waals surface area contributed by atoms with Crippen LogP contribution in [0.25, 0.3) is 11.1 Å². The molecule has 0 saturated carbocycles. The molecule has 1 atom stereocenters. The first-order chi connectivity index (χ1) is 20.1. The predicted molar refractivity (Wildman–Crippen MR) is 173 cm³/mol. The van der Waals surface area contributed by atoms with Crippen molar-refractivity contribution in [2.24, 2.45) is 0 Å². The summed E-state index contributed by atoms with van der Waals surface area (Å²) >= 11 is 0. The van der Waals surface area contributed by atoms with E-state index in [2.05, 4.69) is 74.5 Å². The van der Waals surface area contributed by atoms with E-state index in [1.807, 2.05) is 12.1 Å². The number of aryl methyl sites for hydroxylation is 3. The van der Waals surface area contributed by atoms with Crippen LogP contribution in [0.2, 0.25) is 0 Å². The van der Waals surface area contributed by atoms with Gasteiger partial charge in [-0.2, -0.15) is 0 Å². The summed E-state index contributed by atoms with van der Waals surface area (Å²) in [6.45, 7) is 6.66. The Balaban J connectivity index is 1.37. The molecule has 0 fully saturated rings. The van der Waals surface area contributed by atoms with E-state index < -0.39 is 6.10 Å². The van der Waals surface area contributed by atoms with Gasteiger partial charge in [-0.15, -0.1) is 0 Å². The summed E-state index contributed by atoms with van der Waals surface area (Å²) in [5.41, 5.74) is 6.59. The summed E-state index contributed by atoms with van der Waals surface area (Å²) in [7, 11) is 0. The SMILES string of the molecule is CCCCCCCCCc1ccc(-c2ccc(CCc3ccc(OC(C)C(=O)OCCCCCC)cc3)cc2)cc1. The maximum Gasteiger partial charge on any atom is 0.347 e. The molecule has 3 aromatic rings. The second-order valence-electron chi connectivity index (χ2n) is 11.4. The average Bonchev–Trinajstić information content (AvgIpc) is 3.00. The maximum atomic E-state index is 12.2. The highest BCUT2D eigenvalue weighted by molar-refractivity contribution is 5.74. The zero-order valence-corrected chi connectivity index (χ0v) is 25.8. The van der Waals surface area contributed by atoms with Crippen LogP contribution >= 0.6 is 0 Å². The third-order valence-corrected chi connectivity index (χ3v) is 7.82. The van der Waals surface area contributed by atoms with Crippen LogP contribution < -0.4 is 4.74 Å². The highest BCUT2D eigenvalue weighted by atomic mass is 16.6. The summed E-state index contributed by atoms with van der Waals surface area (Å²) in [6.07, 6.45) is 16.4. The van der Waals surface area contributed by atoms with Gasteiger partial charge in [0.25, 0.3) is 0 Å². The fraction of sp³-hybridized carbons (Fsp3) is 0.500. The number of carbonyl (C=O) groups is 1. The molecular formula is C38H52O3. The molecule has 222 valence electrons. The van der Waals surface area contributed by atoms with E-state index in [0.717, 1.165) is 25.7 Å². The number of hydrogen-bond acceptors (Lipinski definition) is 3. The van der Waals surface area contributed by atoms with Gasteiger partial charge in [-0.3, -0.25) is 0 Å². The smallest absolute Gasteiger partial charge is 0.347 e. The van der Waals surface area contributed by atoms with Crippen molar-refractivity contribution in [1.82, 2.24) is 0 Å². The third kappa shape index (κ3) is 12.5. The molecular weight excluding hydrogens is 504 g/mol. The summed E-state index contributed by atoms with van der Waals surface area (Å²) in [4.78, 5) is 12.2. The maximum absolute atomic E-state index is 12.2. The van der Waals surface area contributed by atoms with Crippen molar-refractivity contribution in [2.45, 2.75) is 117 Å². The fourth-order valence-electron chi connectivity index (χ4n) is 5.11. The van der Waals surface area contributed by atoms with Crippen LogP contribution in [0.15, 0.2) is 72.8 Å². The molecule has 0 aliphatic carbocycles. The van der Waals surface area contributed by atoms with Crippen LogP contribution in [0.3, 0.4) is 0 Å². The Morgan fingerprint density at radius 1 is 0.561 bits per heavy atom. The Kier molecular flexibility index (Phi) is 15.1. The first-order valence-corrected chi connectivity index (χ1v) is 16.2. The standard InChI is InChI=1S/C38H52O3/c1-4-6-8-10-11-12-13-15-32-18-24-35(25-19-32)36-26-20-33(21-27-36)16-17-34-22-28-37(29-23-34)41-31(3)38(39)40-30-14-9-7-5-2/h18-29,31H,4-17,30H2,1-3H3. The molecule has 41 heavy (non-hydrogen) atoms. The van der Waals surface area contributed by atoms with Crippen molar-refractivity contribution in [2.75, 3.05) is 6.61 Å². The highest BCUT2D eigenvalue weighted by Gasteiger charge is 2.16. The number of esters is 1. The Hall–Kier alpha value is -3.07. The van der Waals surface area contributed by atoms with Gasteiger partial charge in [0.2, 0.25) is 0 Å². The van der Waals surface area contributed by atoms with Gasteiger partial charge >= 0.3 is 5.97 Å². The number of ether oxygens (including phenoxy) is 2. The first kappa shape index (κ1) is 32.4. The molecule has 3 nitrogen and oxygen atoms in total. The van der Waals surface area contributed by atoms with E-state index in [0.29, 0.717) is 12.4 Å². The van der Waals surface area contributed by atoms with Crippen LogP contribution in [0, 0.1) is 0 Å².